The van der Waals surface area contributed by atoms with Gasteiger partial charge in [0, 0.05) is 16.0 Å². The van der Waals surface area contributed by atoms with Crippen LogP contribution in [-0.4, -0.2) is 16.0 Å². The van der Waals surface area contributed by atoms with Gasteiger partial charge in [0.1, 0.15) is 0 Å². The second-order valence-corrected chi connectivity index (χ2v) is 12.9. The van der Waals surface area contributed by atoms with E-state index in [-0.39, 0.29) is 9.49 Å². The van der Waals surface area contributed by atoms with Crippen LogP contribution in [0.3, 0.4) is 0 Å². The molecule has 1 aliphatic rings. The lowest BCUT2D eigenvalue weighted by atomic mass is 9.95. The molecule has 6 heteroatoms. The summed E-state index contributed by atoms with van der Waals surface area (Å²) in [6, 6.07) is 0. The molecule has 0 fully saturated rings. The van der Waals surface area contributed by atoms with Gasteiger partial charge in [0.25, 0.3) is 0 Å². The number of allylic oxidation sites excluding steroid dienone is 4. The van der Waals surface area contributed by atoms with Crippen molar-refractivity contribution < 1.29 is 4.74 Å². The van der Waals surface area contributed by atoms with Gasteiger partial charge in [-0.05, 0) is 36.6 Å². The van der Waals surface area contributed by atoms with Crippen molar-refractivity contribution in [1.82, 2.24) is 0 Å². The molecule has 0 unspecified atom stereocenters. The maximum atomic E-state index is 12.3. The van der Waals surface area contributed by atoms with Crippen LogP contribution < -0.4 is 16.2 Å². The van der Waals surface area contributed by atoms with E-state index in [4.69, 9.17) is 4.74 Å². The van der Waals surface area contributed by atoms with Gasteiger partial charge >= 0.3 is 0 Å². The second-order valence-electron chi connectivity index (χ2n) is 9.23. The van der Waals surface area contributed by atoms with Gasteiger partial charge in [-0.1, -0.05) is 78.4 Å². The molecule has 0 saturated carbocycles. The summed E-state index contributed by atoms with van der Waals surface area (Å²) < 4.78 is 6.12. The lowest BCUT2D eigenvalue weighted by Crippen LogP contribution is -2.38. The van der Waals surface area contributed by atoms with Crippen LogP contribution in [-0.2, 0) is 4.74 Å². The van der Waals surface area contributed by atoms with E-state index < -0.39 is 10.9 Å². The topological polar surface area (TPSA) is 55.4 Å². The molecule has 0 radical (unpaired) electrons. The molecular formula is C23H33NO3S2. The molecule has 0 saturated heterocycles. The number of anilines is 1. The van der Waals surface area contributed by atoms with Crippen LogP contribution in [0.15, 0.2) is 37.5 Å². The number of nitrogens with one attached hydrogen (secondary N) is 1. The zero-order valence-electron chi connectivity index (χ0n) is 18.8. The van der Waals surface area contributed by atoms with Gasteiger partial charge in [-0.2, -0.15) is 0 Å². The van der Waals surface area contributed by atoms with Crippen LogP contribution in [0.2, 0.25) is 0 Å². The predicted molar refractivity (Wildman–Crippen MR) is 129 cm³/mol. The van der Waals surface area contributed by atoms with E-state index in [2.05, 4.69) is 53.8 Å². The quantitative estimate of drug-likeness (QED) is 0.416. The number of hydrogen-bond donors (Lipinski definition) is 1. The standard InChI is InChI=1S/C23H33NO3S2/c1-9-10-11-24-19-18(20(25)21(19)26)14(2)15-12-16(28-22(3,4)5)27-17(13-15)29-23(6,7)8/h12-13,24H,9-11H2,1-8H3. The molecule has 1 aromatic rings. The van der Waals surface area contributed by atoms with Crippen LogP contribution in [0.5, 0.6) is 0 Å². The van der Waals surface area contributed by atoms with Crippen molar-refractivity contribution in [1.29, 1.82) is 0 Å². The molecule has 0 atom stereocenters. The van der Waals surface area contributed by atoms with E-state index in [1.807, 2.05) is 19.1 Å². The molecule has 2 rings (SSSR count). The van der Waals surface area contributed by atoms with Crippen molar-refractivity contribution in [2.75, 3.05) is 11.9 Å². The molecule has 0 aromatic heterocycles. The molecule has 0 aliphatic carbocycles. The molecule has 160 valence electrons. The zero-order valence-corrected chi connectivity index (χ0v) is 20.5. The summed E-state index contributed by atoms with van der Waals surface area (Å²) in [4.78, 5) is 24.4. The lowest BCUT2D eigenvalue weighted by Gasteiger charge is -2.27. The highest BCUT2D eigenvalue weighted by molar-refractivity contribution is 8.05. The fourth-order valence-corrected chi connectivity index (χ4v) is 4.72. The number of thioether (sulfide) groups is 2. The summed E-state index contributed by atoms with van der Waals surface area (Å²) >= 11 is 3.30. The summed E-state index contributed by atoms with van der Waals surface area (Å²) in [6.07, 6.45) is 5.94. The Morgan fingerprint density at radius 2 is 1.48 bits per heavy atom. The van der Waals surface area contributed by atoms with Gasteiger partial charge in [0.15, 0.2) is 10.2 Å². The molecule has 0 bridgehead atoms. The minimum absolute atomic E-state index is 0.00586. The largest absolute Gasteiger partial charge is 0.444 e. The fourth-order valence-electron chi connectivity index (χ4n) is 2.83. The molecule has 1 aliphatic heterocycles. The van der Waals surface area contributed by atoms with E-state index >= 15 is 0 Å². The van der Waals surface area contributed by atoms with Crippen molar-refractivity contribution >= 4 is 34.8 Å². The summed E-state index contributed by atoms with van der Waals surface area (Å²) in [5.41, 5.74) is 1.88. The lowest BCUT2D eigenvalue weighted by molar-refractivity contribution is 0.367. The Balaban J connectivity index is 2.47. The zero-order chi connectivity index (χ0) is 22.0. The average Bonchev–Trinajstić information content (AvgIpc) is 2.57. The first-order valence-corrected chi connectivity index (χ1v) is 11.7. The highest BCUT2D eigenvalue weighted by Gasteiger charge is 2.27. The van der Waals surface area contributed by atoms with Crippen LogP contribution in [0, 0.1) is 0 Å². The van der Waals surface area contributed by atoms with Crippen molar-refractivity contribution in [3.05, 3.63) is 53.9 Å². The van der Waals surface area contributed by atoms with Gasteiger partial charge in [-0.3, -0.25) is 9.59 Å². The van der Waals surface area contributed by atoms with Gasteiger partial charge in [0.05, 0.1) is 11.3 Å². The Bertz CT molecular complexity index is 884. The third kappa shape index (κ3) is 6.54. The Morgan fingerprint density at radius 3 is 1.93 bits per heavy atom. The normalized spacial score (nSPS) is 15.1. The first-order valence-electron chi connectivity index (χ1n) is 10.1. The summed E-state index contributed by atoms with van der Waals surface area (Å²) in [5.74, 6) is 0. The van der Waals surface area contributed by atoms with Gasteiger partial charge in [-0.25, -0.2) is 0 Å². The molecule has 1 aromatic carbocycles. The Kier molecular flexibility index (Phi) is 7.55. The van der Waals surface area contributed by atoms with E-state index in [9.17, 15) is 9.59 Å². The maximum absolute atomic E-state index is 12.3. The SMILES string of the molecule is CCCCNc1c(C(C)=C2C=C(SC(C)(C)C)OC(SC(C)(C)C)=C2)c(=O)c1=O. The number of hydrogen-bond acceptors (Lipinski definition) is 6. The molecule has 0 spiro atoms. The Labute approximate surface area is 183 Å². The maximum Gasteiger partial charge on any atom is 0.250 e. The van der Waals surface area contributed by atoms with Gasteiger partial charge in [0.2, 0.25) is 10.9 Å². The third-order valence-corrected chi connectivity index (χ3v) is 6.14. The van der Waals surface area contributed by atoms with Crippen molar-refractivity contribution in [3.8, 4) is 0 Å². The fraction of sp³-hybridized carbons (Fsp3) is 0.565. The Morgan fingerprint density at radius 1 is 0.966 bits per heavy atom. The van der Waals surface area contributed by atoms with E-state index in [0.29, 0.717) is 17.8 Å². The van der Waals surface area contributed by atoms with Crippen molar-refractivity contribution in [3.63, 3.8) is 0 Å². The molecule has 1 N–H and O–H groups in total. The first kappa shape index (κ1) is 23.9. The minimum Gasteiger partial charge on any atom is -0.444 e. The molecule has 4 nitrogen and oxygen atoms in total. The van der Waals surface area contributed by atoms with Gasteiger partial charge < -0.3 is 10.1 Å². The second kappa shape index (κ2) is 9.17. The van der Waals surface area contributed by atoms with Crippen LogP contribution >= 0.6 is 23.5 Å². The summed E-state index contributed by atoms with van der Waals surface area (Å²) in [5, 5.41) is 4.77. The van der Waals surface area contributed by atoms with Crippen molar-refractivity contribution in [2.24, 2.45) is 0 Å². The number of unbranched alkanes of at least 4 members (excludes halogenated alkanes) is 1. The first-order chi connectivity index (χ1) is 13.3. The summed E-state index contributed by atoms with van der Waals surface area (Å²) in [7, 11) is 0. The van der Waals surface area contributed by atoms with E-state index in [0.717, 1.165) is 34.2 Å². The molecule has 1 heterocycles. The average molecular weight is 436 g/mol. The van der Waals surface area contributed by atoms with Crippen LogP contribution in [0.4, 0.5) is 5.69 Å². The van der Waals surface area contributed by atoms with E-state index in [1.54, 1.807) is 23.5 Å². The highest BCUT2D eigenvalue weighted by atomic mass is 32.2. The van der Waals surface area contributed by atoms with E-state index in [1.165, 1.54) is 0 Å². The molecular weight excluding hydrogens is 402 g/mol. The number of rotatable bonds is 7. The third-order valence-electron chi connectivity index (χ3n) is 4.11. The highest BCUT2D eigenvalue weighted by Crippen LogP contribution is 2.43. The van der Waals surface area contributed by atoms with Crippen LogP contribution in [0.25, 0.3) is 5.57 Å². The predicted octanol–water partition coefficient (Wildman–Crippen LogP) is 6.04. The van der Waals surface area contributed by atoms with Gasteiger partial charge in [-0.15, -0.1) is 0 Å². The minimum atomic E-state index is -0.412. The monoisotopic (exact) mass is 435 g/mol. The van der Waals surface area contributed by atoms with Crippen molar-refractivity contribution in [2.45, 2.75) is 77.7 Å². The van der Waals surface area contributed by atoms with Crippen LogP contribution in [0.1, 0.15) is 73.8 Å². The molecule has 0 amide bonds. The molecule has 29 heavy (non-hydrogen) atoms. The summed E-state index contributed by atoms with van der Waals surface area (Å²) in [6.45, 7) is 17.5. The smallest absolute Gasteiger partial charge is 0.250 e. The Hall–Kier alpha value is -1.40. The number of ether oxygens (including phenoxy) is 1.